The first-order chi connectivity index (χ1) is 7.77. The Hall–Kier alpha value is -0.910. The molecule has 0 saturated carbocycles. The summed E-state index contributed by atoms with van der Waals surface area (Å²) in [5.41, 5.74) is 0.241. The Kier molecular flexibility index (Phi) is 4.30. The number of benzene rings is 1. The highest BCUT2D eigenvalue weighted by Gasteiger charge is 2.25. The van der Waals surface area contributed by atoms with Crippen molar-refractivity contribution in [1.29, 1.82) is 0 Å². The Morgan fingerprint density at radius 1 is 1.35 bits per heavy atom. The van der Waals surface area contributed by atoms with E-state index in [1.807, 2.05) is 13.0 Å². The summed E-state index contributed by atoms with van der Waals surface area (Å²) in [7, 11) is -3.52. The van der Waals surface area contributed by atoms with Crippen LogP contribution in [0.25, 0.3) is 0 Å². The van der Waals surface area contributed by atoms with Crippen LogP contribution in [-0.4, -0.2) is 25.7 Å². The summed E-state index contributed by atoms with van der Waals surface area (Å²) < 4.78 is 26.8. The first-order valence-corrected chi connectivity index (χ1v) is 6.97. The molecular weight excluding hydrogens is 238 g/mol. The second-order valence-electron chi connectivity index (χ2n) is 4.78. The molecule has 0 spiro atoms. The first-order valence-electron chi connectivity index (χ1n) is 5.48. The molecule has 96 valence electrons. The van der Waals surface area contributed by atoms with Crippen molar-refractivity contribution in [3.05, 3.63) is 29.8 Å². The van der Waals surface area contributed by atoms with Crippen molar-refractivity contribution in [2.75, 3.05) is 6.61 Å². The molecule has 0 unspecified atom stereocenters. The van der Waals surface area contributed by atoms with E-state index in [2.05, 4.69) is 4.72 Å². The lowest BCUT2D eigenvalue weighted by molar-refractivity contribution is 0.246. The van der Waals surface area contributed by atoms with Gasteiger partial charge < -0.3 is 5.11 Å². The topological polar surface area (TPSA) is 66.4 Å². The maximum atomic E-state index is 12.1. The van der Waals surface area contributed by atoms with E-state index in [4.69, 9.17) is 5.11 Å². The number of aryl methyl sites for hydroxylation is 1. The minimum atomic E-state index is -3.52. The van der Waals surface area contributed by atoms with E-state index >= 15 is 0 Å². The van der Waals surface area contributed by atoms with Crippen LogP contribution in [-0.2, 0) is 10.0 Å². The van der Waals surface area contributed by atoms with Crippen LogP contribution in [0.15, 0.2) is 29.2 Å². The molecule has 1 aromatic carbocycles. The monoisotopic (exact) mass is 257 g/mol. The molecule has 0 radical (unpaired) electrons. The summed E-state index contributed by atoms with van der Waals surface area (Å²) in [6.07, 6.45) is 0.373. The van der Waals surface area contributed by atoms with Crippen molar-refractivity contribution in [3.8, 4) is 0 Å². The van der Waals surface area contributed by atoms with Crippen LogP contribution in [0.5, 0.6) is 0 Å². The molecule has 0 fully saturated rings. The van der Waals surface area contributed by atoms with Gasteiger partial charge in [0.15, 0.2) is 0 Å². The van der Waals surface area contributed by atoms with Crippen molar-refractivity contribution in [2.24, 2.45) is 0 Å². The van der Waals surface area contributed by atoms with Crippen LogP contribution in [0, 0.1) is 6.92 Å². The van der Waals surface area contributed by atoms with Crippen molar-refractivity contribution in [2.45, 2.75) is 37.6 Å². The first kappa shape index (κ1) is 14.2. The number of rotatable bonds is 5. The molecule has 0 saturated heterocycles. The number of aliphatic hydroxyl groups is 1. The number of sulfonamides is 1. The van der Waals surface area contributed by atoms with E-state index in [1.165, 1.54) is 0 Å². The van der Waals surface area contributed by atoms with Gasteiger partial charge in [0.1, 0.15) is 0 Å². The molecule has 5 heteroatoms. The molecule has 17 heavy (non-hydrogen) atoms. The molecule has 4 nitrogen and oxygen atoms in total. The number of hydrogen-bond acceptors (Lipinski definition) is 3. The standard InChI is InChI=1S/C12H19NO3S/c1-10-5-4-6-11(9-10)17(15,16)13-12(2,3)7-8-14/h4-6,9,13-14H,7-8H2,1-3H3. The highest BCUT2D eigenvalue weighted by atomic mass is 32.2. The predicted octanol–water partition coefficient (Wildman–Crippen LogP) is 1.43. The zero-order valence-corrected chi connectivity index (χ0v) is 11.2. The molecule has 0 heterocycles. The minimum absolute atomic E-state index is 0.0522. The van der Waals surface area contributed by atoms with Gasteiger partial charge >= 0.3 is 0 Å². The zero-order valence-electron chi connectivity index (χ0n) is 10.4. The van der Waals surface area contributed by atoms with Crippen molar-refractivity contribution in [3.63, 3.8) is 0 Å². The highest BCUT2D eigenvalue weighted by molar-refractivity contribution is 7.89. The van der Waals surface area contributed by atoms with E-state index in [9.17, 15) is 8.42 Å². The summed E-state index contributed by atoms with van der Waals surface area (Å²) in [4.78, 5) is 0.253. The maximum absolute atomic E-state index is 12.1. The molecule has 0 aliphatic carbocycles. The predicted molar refractivity (Wildman–Crippen MR) is 67.3 cm³/mol. The molecule has 0 aliphatic heterocycles. The average Bonchev–Trinajstić information content (AvgIpc) is 2.15. The van der Waals surface area contributed by atoms with Gasteiger partial charge in [-0.25, -0.2) is 13.1 Å². The summed E-state index contributed by atoms with van der Waals surface area (Å²) >= 11 is 0. The quantitative estimate of drug-likeness (QED) is 0.838. The third-order valence-corrected chi connectivity index (χ3v) is 4.14. The lowest BCUT2D eigenvalue weighted by Crippen LogP contribution is -2.43. The SMILES string of the molecule is Cc1cccc(S(=O)(=O)NC(C)(C)CCO)c1. The summed E-state index contributed by atoms with van der Waals surface area (Å²) in [6, 6.07) is 6.74. The van der Waals surface area contributed by atoms with Crippen LogP contribution < -0.4 is 4.72 Å². The van der Waals surface area contributed by atoms with Gasteiger partial charge in [-0.2, -0.15) is 0 Å². The molecule has 0 aliphatic rings. The lowest BCUT2D eigenvalue weighted by Gasteiger charge is -2.25. The van der Waals surface area contributed by atoms with E-state index in [-0.39, 0.29) is 11.5 Å². The Balaban J connectivity index is 2.97. The number of aliphatic hydroxyl groups excluding tert-OH is 1. The largest absolute Gasteiger partial charge is 0.396 e. The summed E-state index contributed by atoms with van der Waals surface area (Å²) in [6.45, 7) is 5.29. The van der Waals surface area contributed by atoms with Crippen molar-refractivity contribution < 1.29 is 13.5 Å². The maximum Gasteiger partial charge on any atom is 0.241 e. The number of hydrogen-bond donors (Lipinski definition) is 2. The molecular formula is C12H19NO3S. The Bertz CT molecular complexity index is 480. The second kappa shape index (κ2) is 5.16. The molecule has 0 atom stereocenters. The van der Waals surface area contributed by atoms with Gasteiger partial charge in [0, 0.05) is 12.1 Å². The summed E-state index contributed by atoms with van der Waals surface area (Å²) in [5.74, 6) is 0. The van der Waals surface area contributed by atoms with Gasteiger partial charge in [0.05, 0.1) is 4.90 Å². The van der Waals surface area contributed by atoms with Gasteiger partial charge in [0.2, 0.25) is 10.0 Å². The van der Waals surface area contributed by atoms with Crippen LogP contribution in [0.4, 0.5) is 0 Å². The molecule has 0 amide bonds. The fourth-order valence-electron chi connectivity index (χ4n) is 1.54. The Morgan fingerprint density at radius 3 is 2.53 bits per heavy atom. The summed E-state index contributed by atoms with van der Waals surface area (Å²) in [5, 5.41) is 8.88. The van der Waals surface area contributed by atoms with Crippen LogP contribution in [0.3, 0.4) is 0 Å². The molecule has 2 N–H and O–H groups in total. The van der Waals surface area contributed by atoms with E-state index in [0.29, 0.717) is 6.42 Å². The van der Waals surface area contributed by atoms with Crippen molar-refractivity contribution in [1.82, 2.24) is 4.72 Å². The van der Waals surface area contributed by atoms with Crippen LogP contribution >= 0.6 is 0 Å². The Labute approximate surface area is 103 Å². The highest BCUT2D eigenvalue weighted by Crippen LogP contribution is 2.16. The van der Waals surface area contributed by atoms with E-state index in [0.717, 1.165) is 5.56 Å². The fourth-order valence-corrected chi connectivity index (χ4v) is 3.08. The van der Waals surface area contributed by atoms with Gasteiger partial charge in [-0.1, -0.05) is 12.1 Å². The minimum Gasteiger partial charge on any atom is -0.396 e. The Morgan fingerprint density at radius 2 is 2.00 bits per heavy atom. The molecule has 0 bridgehead atoms. The van der Waals surface area contributed by atoms with Gasteiger partial charge in [-0.15, -0.1) is 0 Å². The molecule has 1 aromatic rings. The van der Waals surface area contributed by atoms with E-state index in [1.54, 1.807) is 32.0 Å². The zero-order chi connectivity index (χ0) is 13.1. The normalized spacial score (nSPS) is 12.7. The molecule has 0 aromatic heterocycles. The van der Waals surface area contributed by atoms with Crippen LogP contribution in [0.2, 0.25) is 0 Å². The van der Waals surface area contributed by atoms with E-state index < -0.39 is 15.6 Å². The third kappa shape index (κ3) is 4.11. The third-order valence-electron chi connectivity index (χ3n) is 2.45. The van der Waals surface area contributed by atoms with Gasteiger partial charge in [0.25, 0.3) is 0 Å². The molecule has 1 rings (SSSR count). The smallest absolute Gasteiger partial charge is 0.241 e. The number of nitrogens with one attached hydrogen (secondary N) is 1. The van der Waals surface area contributed by atoms with Gasteiger partial charge in [-0.3, -0.25) is 0 Å². The lowest BCUT2D eigenvalue weighted by atomic mass is 10.0. The average molecular weight is 257 g/mol. The fraction of sp³-hybridized carbons (Fsp3) is 0.500. The van der Waals surface area contributed by atoms with Gasteiger partial charge in [-0.05, 0) is 44.9 Å². The van der Waals surface area contributed by atoms with Crippen LogP contribution in [0.1, 0.15) is 25.8 Å². The second-order valence-corrected chi connectivity index (χ2v) is 6.46. The van der Waals surface area contributed by atoms with Crippen molar-refractivity contribution >= 4 is 10.0 Å².